The molecule has 8 nitrogen and oxygen atoms in total. The first-order chi connectivity index (χ1) is 13.8. The molecule has 0 spiro atoms. The fourth-order valence-corrected chi connectivity index (χ4v) is 5.52. The molecule has 0 N–H and O–H groups in total. The third kappa shape index (κ3) is 4.30. The fraction of sp³-hybridized carbons (Fsp3) is 0.650. The van der Waals surface area contributed by atoms with Crippen LogP contribution in [-0.2, 0) is 10.0 Å². The van der Waals surface area contributed by atoms with E-state index in [4.69, 9.17) is 4.74 Å². The lowest BCUT2D eigenvalue weighted by molar-refractivity contribution is 0.140. The van der Waals surface area contributed by atoms with Gasteiger partial charge >= 0.3 is 6.03 Å². The van der Waals surface area contributed by atoms with Gasteiger partial charge in [-0.05, 0) is 31.2 Å². The molecule has 0 bridgehead atoms. The highest BCUT2D eigenvalue weighted by Crippen LogP contribution is 2.35. The molecule has 3 aliphatic rings. The number of amides is 2. The third-order valence-electron chi connectivity index (χ3n) is 6.25. The van der Waals surface area contributed by atoms with E-state index in [-0.39, 0.29) is 6.03 Å². The number of carbonyl (C=O) groups excluding carboxylic acids is 1. The van der Waals surface area contributed by atoms with Crippen molar-refractivity contribution >= 4 is 21.7 Å². The summed E-state index contributed by atoms with van der Waals surface area (Å²) < 4.78 is 30.3. The summed E-state index contributed by atoms with van der Waals surface area (Å²) in [5, 5.41) is 0. The Morgan fingerprint density at radius 2 is 1.55 bits per heavy atom. The number of rotatable bonds is 4. The van der Waals surface area contributed by atoms with Gasteiger partial charge in [-0.25, -0.2) is 13.2 Å². The quantitative estimate of drug-likeness (QED) is 0.728. The standard InChI is InChI=1S/C20H30N4O4S/c1-3-28-19-6-4-18(5-7-19)22-12-16-14-23(15-17(16)13-22)20(25)21-8-10-24(11-9-21)29(2,26)27/h4-7,16-17H,3,8-15H2,1-2H3/t16-,17+. The molecular formula is C20H30N4O4S. The highest BCUT2D eigenvalue weighted by atomic mass is 32.2. The Bertz CT molecular complexity index is 823. The minimum atomic E-state index is -3.18. The van der Waals surface area contributed by atoms with Gasteiger partial charge in [0.2, 0.25) is 10.0 Å². The summed E-state index contributed by atoms with van der Waals surface area (Å²) in [5.74, 6) is 1.87. The molecule has 29 heavy (non-hydrogen) atoms. The number of carbonyl (C=O) groups is 1. The second-order valence-electron chi connectivity index (χ2n) is 8.19. The Kier molecular flexibility index (Phi) is 5.61. The lowest BCUT2D eigenvalue weighted by Crippen LogP contribution is -2.53. The van der Waals surface area contributed by atoms with Gasteiger partial charge in [-0.3, -0.25) is 0 Å². The number of ether oxygens (including phenoxy) is 1. The van der Waals surface area contributed by atoms with Crippen molar-refractivity contribution in [1.82, 2.24) is 14.1 Å². The van der Waals surface area contributed by atoms with E-state index < -0.39 is 10.0 Å². The van der Waals surface area contributed by atoms with E-state index in [2.05, 4.69) is 17.0 Å². The van der Waals surface area contributed by atoms with Gasteiger partial charge in [0.15, 0.2) is 0 Å². The van der Waals surface area contributed by atoms with Crippen LogP contribution in [0.15, 0.2) is 24.3 Å². The van der Waals surface area contributed by atoms with Crippen molar-refractivity contribution in [3.63, 3.8) is 0 Å². The minimum absolute atomic E-state index is 0.0557. The molecule has 4 rings (SSSR count). The van der Waals surface area contributed by atoms with Crippen molar-refractivity contribution in [3.05, 3.63) is 24.3 Å². The van der Waals surface area contributed by atoms with Gasteiger partial charge in [0.05, 0.1) is 12.9 Å². The number of anilines is 1. The van der Waals surface area contributed by atoms with Crippen molar-refractivity contribution < 1.29 is 17.9 Å². The molecular weight excluding hydrogens is 392 g/mol. The van der Waals surface area contributed by atoms with Gasteiger partial charge in [0.1, 0.15) is 5.75 Å². The summed E-state index contributed by atoms with van der Waals surface area (Å²) in [5.41, 5.74) is 1.21. The van der Waals surface area contributed by atoms with Crippen molar-refractivity contribution in [2.75, 3.05) is 70.1 Å². The van der Waals surface area contributed by atoms with Crippen molar-refractivity contribution in [1.29, 1.82) is 0 Å². The number of likely N-dealkylation sites (tertiary alicyclic amines) is 1. The maximum absolute atomic E-state index is 12.9. The number of benzene rings is 1. The summed E-state index contributed by atoms with van der Waals surface area (Å²) in [6.07, 6.45) is 1.22. The van der Waals surface area contributed by atoms with Crippen molar-refractivity contribution in [2.24, 2.45) is 11.8 Å². The molecule has 0 aromatic heterocycles. The van der Waals surface area contributed by atoms with Gasteiger partial charge < -0.3 is 19.4 Å². The largest absolute Gasteiger partial charge is 0.494 e. The van der Waals surface area contributed by atoms with Crippen LogP contribution in [0.5, 0.6) is 5.75 Å². The fourth-order valence-electron chi connectivity index (χ4n) is 4.69. The minimum Gasteiger partial charge on any atom is -0.494 e. The van der Waals surface area contributed by atoms with E-state index in [1.54, 1.807) is 4.90 Å². The Morgan fingerprint density at radius 1 is 0.966 bits per heavy atom. The second kappa shape index (κ2) is 8.02. The Morgan fingerprint density at radius 3 is 2.07 bits per heavy atom. The number of piperazine rings is 1. The monoisotopic (exact) mass is 422 g/mol. The Hall–Kier alpha value is -2.00. The average Bonchev–Trinajstić information content (AvgIpc) is 3.27. The van der Waals surface area contributed by atoms with E-state index in [0.717, 1.165) is 31.9 Å². The first-order valence-electron chi connectivity index (χ1n) is 10.3. The topological polar surface area (TPSA) is 73.4 Å². The van der Waals surface area contributed by atoms with E-state index in [0.29, 0.717) is 44.6 Å². The molecule has 3 fully saturated rings. The normalized spacial score (nSPS) is 25.4. The summed E-state index contributed by atoms with van der Waals surface area (Å²) in [4.78, 5) is 19.1. The molecule has 9 heteroatoms. The number of urea groups is 1. The predicted molar refractivity (Wildman–Crippen MR) is 112 cm³/mol. The zero-order valence-corrected chi connectivity index (χ0v) is 18.0. The molecule has 2 amide bonds. The van der Waals surface area contributed by atoms with Crippen LogP contribution in [-0.4, -0.2) is 93.8 Å². The van der Waals surface area contributed by atoms with Crippen molar-refractivity contribution in [2.45, 2.75) is 6.92 Å². The zero-order chi connectivity index (χ0) is 20.6. The second-order valence-corrected chi connectivity index (χ2v) is 10.2. The molecule has 1 aromatic carbocycles. The summed E-state index contributed by atoms with van der Waals surface area (Å²) in [6, 6.07) is 8.30. The highest BCUT2D eigenvalue weighted by molar-refractivity contribution is 7.88. The molecule has 1 aromatic rings. The van der Waals surface area contributed by atoms with Crippen LogP contribution in [0.1, 0.15) is 6.92 Å². The predicted octanol–water partition coefficient (Wildman–Crippen LogP) is 1.15. The molecule has 3 heterocycles. The first-order valence-corrected chi connectivity index (χ1v) is 12.2. The van der Waals surface area contributed by atoms with Crippen molar-refractivity contribution in [3.8, 4) is 5.75 Å². The number of fused-ring (bicyclic) bond motifs is 1. The van der Waals surface area contributed by atoms with Gasteiger partial charge in [-0.2, -0.15) is 4.31 Å². The number of nitrogens with zero attached hydrogens (tertiary/aromatic N) is 4. The van der Waals surface area contributed by atoms with Gasteiger partial charge in [0.25, 0.3) is 0 Å². The lowest BCUT2D eigenvalue weighted by Gasteiger charge is -2.35. The third-order valence-corrected chi connectivity index (χ3v) is 7.55. The molecule has 0 aliphatic carbocycles. The average molecular weight is 423 g/mol. The highest BCUT2D eigenvalue weighted by Gasteiger charge is 2.43. The van der Waals surface area contributed by atoms with Crippen LogP contribution in [0.2, 0.25) is 0 Å². The summed E-state index contributed by atoms with van der Waals surface area (Å²) in [6.45, 7) is 7.84. The Balaban J connectivity index is 1.29. The maximum Gasteiger partial charge on any atom is 0.320 e. The first kappa shape index (κ1) is 20.3. The molecule has 0 radical (unpaired) electrons. The SMILES string of the molecule is CCOc1ccc(N2C[C@H]3CN(C(=O)N4CCN(S(C)(=O)=O)CC4)C[C@H]3C2)cc1. The van der Waals surface area contributed by atoms with E-state index >= 15 is 0 Å². The molecule has 160 valence electrons. The molecule has 2 atom stereocenters. The molecule has 0 saturated carbocycles. The number of hydrogen-bond acceptors (Lipinski definition) is 5. The van der Waals surface area contributed by atoms with E-state index in [9.17, 15) is 13.2 Å². The van der Waals surface area contributed by atoms with Crippen LogP contribution in [0, 0.1) is 11.8 Å². The smallest absolute Gasteiger partial charge is 0.320 e. The van der Waals surface area contributed by atoms with E-state index in [1.165, 1.54) is 16.2 Å². The molecule has 3 aliphatic heterocycles. The number of sulfonamides is 1. The van der Waals surface area contributed by atoms with Crippen LogP contribution in [0.3, 0.4) is 0 Å². The van der Waals surface area contributed by atoms with Crippen LogP contribution in [0.4, 0.5) is 10.5 Å². The zero-order valence-electron chi connectivity index (χ0n) is 17.2. The van der Waals surface area contributed by atoms with Gasteiger partial charge in [-0.1, -0.05) is 0 Å². The Labute approximate surface area is 173 Å². The van der Waals surface area contributed by atoms with E-state index in [1.807, 2.05) is 24.0 Å². The van der Waals surface area contributed by atoms with Crippen LogP contribution < -0.4 is 9.64 Å². The number of hydrogen-bond donors (Lipinski definition) is 0. The van der Waals surface area contributed by atoms with Crippen LogP contribution in [0.25, 0.3) is 0 Å². The summed E-state index contributed by atoms with van der Waals surface area (Å²) >= 11 is 0. The maximum atomic E-state index is 12.9. The van der Waals surface area contributed by atoms with Crippen LogP contribution >= 0.6 is 0 Å². The van der Waals surface area contributed by atoms with Gasteiger partial charge in [0, 0.05) is 69.9 Å². The molecule has 0 unspecified atom stereocenters. The lowest BCUT2D eigenvalue weighted by atomic mass is 10.0. The molecule has 3 saturated heterocycles. The van der Waals surface area contributed by atoms with Gasteiger partial charge in [-0.15, -0.1) is 0 Å². The summed E-state index contributed by atoms with van der Waals surface area (Å²) in [7, 11) is -3.18.